The minimum absolute atomic E-state index is 0.212. The topological polar surface area (TPSA) is 42.9 Å². The second-order valence-electron chi connectivity index (χ2n) is 6.09. The fourth-order valence-corrected chi connectivity index (χ4v) is 3.51. The largest absolute Gasteiger partial charge is 0.294 e. The number of aromatic nitrogens is 2. The maximum Gasteiger partial charge on any atom is 0.166 e. The zero-order valence-electron chi connectivity index (χ0n) is 12.0. The van der Waals surface area contributed by atoms with Crippen LogP contribution < -0.4 is 0 Å². The van der Waals surface area contributed by atoms with E-state index in [1.807, 2.05) is 0 Å². The number of benzene rings is 1. The predicted molar refractivity (Wildman–Crippen MR) is 80.5 cm³/mol. The molecule has 21 heavy (non-hydrogen) atoms. The predicted octanol–water partition coefficient (Wildman–Crippen LogP) is 3.27. The molecule has 0 amide bonds. The molecule has 1 aromatic carbocycles. The Bertz CT molecular complexity index is 683. The van der Waals surface area contributed by atoms with Gasteiger partial charge in [-0.1, -0.05) is 24.3 Å². The lowest BCUT2D eigenvalue weighted by molar-refractivity contribution is 0.0981. The van der Waals surface area contributed by atoms with Crippen molar-refractivity contribution in [2.24, 2.45) is 0 Å². The summed E-state index contributed by atoms with van der Waals surface area (Å²) in [4.78, 5) is 21.3. The molecule has 3 nitrogen and oxygen atoms in total. The summed E-state index contributed by atoms with van der Waals surface area (Å²) in [7, 11) is 0. The third kappa shape index (κ3) is 2.27. The summed E-state index contributed by atoms with van der Waals surface area (Å²) < 4.78 is 0. The molecule has 0 bridgehead atoms. The molecule has 0 spiro atoms. The Morgan fingerprint density at radius 3 is 2.48 bits per heavy atom. The van der Waals surface area contributed by atoms with Gasteiger partial charge in [0.2, 0.25) is 0 Å². The van der Waals surface area contributed by atoms with Crippen molar-refractivity contribution >= 4 is 5.78 Å². The maximum atomic E-state index is 12.0. The number of carbonyl (C=O) groups excluding carboxylic acids is 1. The third-order valence-electron chi connectivity index (χ3n) is 4.67. The lowest BCUT2D eigenvalue weighted by Gasteiger charge is -2.10. The molecule has 4 rings (SSSR count). The van der Waals surface area contributed by atoms with E-state index in [0.29, 0.717) is 12.3 Å². The highest BCUT2D eigenvalue weighted by Crippen LogP contribution is 2.32. The molecule has 1 heterocycles. The SMILES string of the molecule is O=C1CCCCc2nc(C3Cc4ccccc4C3)ncc21. The molecule has 0 saturated heterocycles. The lowest BCUT2D eigenvalue weighted by atomic mass is 10.0. The Morgan fingerprint density at radius 1 is 1.00 bits per heavy atom. The average molecular weight is 278 g/mol. The van der Waals surface area contributed by atoms with E-state index in [2.05, 4.69) is 29.2 Å². The highest BCUT2D eigenvalue weighted by atomic mass is 16.1. The smallest absolute Gasteiger partial charge is 0.166 e. The molecule has 1 aromatic heterocycles. The van der Waals surface area contributed by atoms with Gasteiger partial charge in [0, 0.05) is 18.5 Å². The maximum absolute atomic E-state index is 12.0. The fraction of sp³-hybridized carbons (Fsp3) is 0.389. The molecule has 0 unspecified atom stereocenters. The van der Waals surface area contributed by atoms with E-state index in [1.165, 1.54) is 11.1 Å². The summed E-state index contributed by atoms with van der Waals surface area (Å²) in [5.74, 6) is 1.49. The molecular formula is C18H18N2O. The van der Waals surface area contributed by atoms with Gasteiger partial charge in [-0.3, -0.25) is 4.79 Å². The number of ketones is 1. The summed E-state index contributed by atoms with van der Waals surface area (Å²) in [6.07, 6.45) is 7.39. The van der Waals surface area contributed by atoms with Crippen LogP contribution in [0.4, 0.5) is 0 Å². The normalized spacial score (nSPS) is 18.2. The Morgan fingerprint density at radius 2 is 1.71 bits per heavy atom. The number of hydrogen-bond donors (Lipinski definition) is 0. The van der Waals surface area contributed by atoms with Crippen molar-refractivity contribution in [3.63, 3.8) is 0 Å². The minimum atomic E-state index is 0.212. The van der Waals surface area contributed by atoms with Crippen molar-refractivity contribution in [3.05, 3.63) is 58.7 Å². The Hall–Kier alpha value is -2.03. The minimum Gasteiger partial charge on any atom is -0.294 e. The zero-order valence-corrected chi connectivity index (χ0v) is 12.0. The van der Waals surface area contributed by atoms with Crippen LogP contribution in [0.5, 0.6) is 0 Å². The van der Waals surface area contributed by atoms with Gasteiger partial charge in [-0.25, -0.2) is 9.97 Å². The zero-order chi connectivity index (χ0) is 14.2. The van der Waals surface area contributed by atoms with Crippen LogP contribution in [-0.4, -0.2) is 15.8 Å². The summed E-state index contributed by atoms with van der Waals surface area (Å²) in [5.41, 5.74) is 4.56. The first-order valence-corrected chi connectivity index (χ1v) is 7.77. The van der Waals surface area contributed by atoms with E-state index in [-0.39, 0.29) is 5.78 Å². The van der Waals surface area contributed by atoms with E-state index in [9.17, 15) is 4.79 Å². The van der Waals surface area contributed by atoms with Crippen LogP contribution >= 0.6 is 0 Å². The molecule has 0 fully saturated rings. The van der Waals surface area contributed by atoms with Crippen LogP contribution in [0, 0.1) is 0 Å². The van der Waals surface area contributed by atoms with Gasteiger partial charge in [0.25, 0.3) is 0 Å². The third-order valence-corrected chi connectivity index (χ3v) is 4.67. The van der Waals surface area contributed by atoms with Gasteiger partial charge in [-0.15, -0.1) is 0 Å². The van der Waals surface area contributed by atoms with Crippen molar-refractivity contribution < 1.29 is 4.79 Å². The van der Waals surface area contributed by atoms with Gasteiger partial charge in [-0.05, 0) is 43.2 Å². The molecule has 0 atom stereocenters. The number of fused-ring (bicyclic) bond motifs is 2. The first kappa shape index (κ1) is 12.7. The molecule has 2 aliphatic rings. The van der Waals surface area contributed by atoms with Crippen molar-refractivity contribution in [1.29, 1.82) is 0 Å². The number of aryl methyl sites for hydroxylation is 1. The summed E-state index contributed by atoms with van der Waals surface area (Å²) in [6, 6.07) is 8.58. The Kier molecular flexibility index (Phi) is 3.06. The van der Waals surface area contributed by atoms with Crippen molar-refractivity contribution in [1.82, 2.24) is 9.97 Å². The molecule has 0 saturated carbocycles. The first-order valence-electron chi connectivity index (χ1n) is 7.77. The van der Waals surface area contributed by atoms with Crippen LogP contribution in [0.15, 0.2) is 30.5 Å². The average Bonchev–Trinajstić information content (AvgIpc) is 2.86. The van der Waals surface area contributed by atoms with Crippen LogP contribution in [0.3, 0.4) is 0 Å². The quantitative estimate of drug-likeness (QED) is 0.752. The number of Topliss-reactive ketones (excluding diaryl/α,β-unsaturated/α-hetero) is 1. The van der Waals surface area contributed by atoms with Crippen molar-refractivity contribution in [2.75, 3.05) is 0 Å². The summed E-state index contributed by atoms with van der Waals surface area (Å²) in [6.45, 7) is 0. The Labute approximate surface area is 124 Å². The van der Waals surface area contributed by atoms with E-state index in [1.54, 1.807) is 6.20 Å². The fourth-order valence-electron chi connectivity index (χ4n) is 3.51. The molecule has 0 aliphatic heterocycles. The lowest BCUT2D eigenvalue weighted by Crippen LogP contribution is -2.10. The second kappa shape index (κ2) is 5.06. The van der Waals surface area contributed by atoms with E-state index >= 15 is 0 Å². The Balaban J connectivity index is 1.66. The van der Waals surface area contributed by atoms with Crippen molar-refractivity contribution in [2.45, 2.75) is 44.4 Å². The van der Waals surface area contributed by atoms with E-state index in [0.717, 1.165) is 49.2 Å². The number of rotatable bonds is 1. The number of hydrogen-bond acceptors (Lipinski definition) is 3. The molecule has 2 aromatic rings. The van der Waals surface area contributed by atoms with Crippen LogP contribution in [0.1, 0.15) is 58.2 Å². The standard InChI is InChI=1S/C18H18N2O/c21-17-8-4-3-7-16-15(17)11-19-18(20-16)14-9-12-5-1-2-6-13(12)10-14/h1-2,5-6,11,14H,3-4,7-10H2. The molecule has 2 aliphatic carbocycles. The van der Waals surface area contributed by atoms with Crippen LogP contribution in [0.2, 0.25) is 0 Å². The molecule has 3 heteroatoms. The molecule has 106 valence electrons. The van der Waals surface area contributed by atoms with E-state index < -0.39 is 0 Å². The molecule has 0 N–H and O–H groups in total. The van der Waals surface area contributed by atoms with Crippen LogP contribution in [-0.2, 0) is 19.3 Å². The van der Waals surface area contributed by atoms with Gasteiger partial charge >= 0.3 is 0 Å². The first-order chi connectivity index (χ1) is 10.3. The van der Waals surface area contributed by atoms with Gasteiger partial charge in [-0.2, -0.15) is 0 Å². The van der Waals surface area contributed by atoms with Gasteiger partial charge in [0.15, 0.2) is 5.78 Å². The van der Waals surface area contributed by atoms with Crippen LogP contribution in [0.25, 0.3) is 0 Å². The number of carbonyl (C=O) groups is 1. The van der Waals surface area contributed by atoms with Gasteiger partial charge in [0.1, 0.15) is 5.82 Å². The van der Waals surface area contributed by atoms with Gasteiger partial charge < -0.3 is 0 Å². The highest BCUT2D eigenvalue weighted by Gasteiger charge is 2.26. The van der Waals surface area contributed by atoms with Gasteiger partial charge in [0.05, 0.1) is 11.3 Å². The molecular weight excluding hydrogens is 260 g/mol. The summed E-state index contributed by atoms with van der Waals surface area (Å²) in [5, 5.41) is 0. The van der Waals surface area contributed by atoms with Crippen molar-refractivity contribution in [3.8, 4) is 0 Å². The van der Waals surface area contributed by atoms with E-state index in [4.69, 9.17) is 4.98 Å². The summed E-state index contributed by atoms with van der Waals surface area (Å²) >= 11 is 0. The molecule has 0 radical (unpaired) electrons. The second-order valence-corrected chi connectivity index (χ2v) is 6.09. The highest BCUT2D eigenvalue weighted by molar-refractivity contribution is 5.97. The monoisotopic (exact) mass is 278 g/mol. The number of nitrogens with zero attached hydrogens (tertiary/aromatic N) is 2.